The Balaban J connectivity index is 0.00000324. The van der Waals surface area contributed by atoms with Crippen molar-refractivity contribution in [3.8, 4) is 5.75 Å². The summed E-state index contributed by atoms with van der Waals surface area (Å²) in [6.45, 7) is 0.322. The zero-order valence-electron chi connectivity index (χ0n) is 18.1. The summed E-state index contributed by atoms with van der Waals surface area (Å²) < 4.78 is 21.1. The monoisotopic (exact) mass is 557 g/mol. The molecule has 4 aromatic carbocycles. The van der Waals surface area contributed by atoms with E-state index in [4.69, 9.17) is 51.1 Å². The summed E-state index contributed by atoms with van der Waals surface area (Å²) >= 11 is 24.4. The van der Waals surface area contributed by atoms with Crippen LogP contribution >= 0.6 is 46.4 Å². The molecule has 0 radical (unpaired) electrons. The van der Waals surface area contributed by atoms with Gasteiger partial charge in [0, 0.05) is 25.7 Å². The standard InChI is InChI=1S/C26H17Cl4FNO.K/c27-18-4-2-17(3-5-18)26(22-11-8-20(29)14-23(22)30)33-25-12-1-16(13-24(25)31)15-32-21-9-6-19(28)7-10-21;/h1-14,26H,15H2;/q-1;+1. The van der Waals surface area contributed by atoms with Gasteiger partial charge in [0.05, 0.1) is 0 Å². The molecule has 4 rings (SSSR count). The molecule has 0 saturated carbocycles. The maximum Gasteiger partial charge on any atom is 1.00 e. The average molecular weight is 559 g/mol. The summed E-state index contributed by atoms with van der Waals surface area (Å²) in [5, 5.41) is 6.60. The van der Waals surface area contributed by atoms with Gasteiger partial charge in [-0.25, -0.2) is 4.39 Å². The Morgan fingerprint density at radius 3 is 1.97 bits per heavy atom. The van der Waals surface area contributed by atoms with Crippen molar-refractivity contribution >= 4 is 52.1 Å². The van der Waals surface area contributed by atoms with Gasteiger partial charge in [-0.15, -0.1) is 12.2 Å². The molecule has 0 aromatic heterocycles. The second-order valence-electron chi connectivity index (χ2n) is 7.27. The van der Waals surface area contributed by atoms with Crippen molar-refractivity contribution in [2.45, 2.75) is 12.6 Å². The second-order valence-corrected chi connectivity index (χ2v) is 8.99. The Morgan fingerprint density at radius 2 is 1.35 bits per heavy atom. The first kappa shape index (κ1) is 27.8. The minimum absolute atomic E-state index is 0. The molecular formula is C26H17Cl4FKNO. The summed E-state index contributed by atoms with van der Waals surface area (Å²) in [5.74, 6) is -0.404. The minimum Gasteiger partial charge on any atom is -0.681 e. The first-order chi connectivity index (χ1) is 15.9. The molecule has 0 fully saturated rings. The summed E-state index contributed by atoms with van der Waals surface area (Å²) in [6, 6.07) is 24.1. The maximum absolute atomic E-state index is 15.0. The molecule has 0 aliphatic carbocycles. The molecule has 8 heteroatoms. The van der Waals surface area contributed by atoms with E-state index in [1.54, 1.807) is 54.6 Å². The van der Waals surface area contributed by atoms with Crippen LogP contribution in [0.1, 0.15) is 22.8 Å². The van der Waals surface area contributed by atoms with Crippen molar-refractivity contribution in [1.29, 1.82) is 0 Å². The molecule has 168 valence electrons. The van der Waals surface area contributed by atoms with Crippen LogP contribution in [0.2, 0.25) is 20.1 Å². The molecule has 0 bridgehead atoms. The summed E-state index contributed by atoms with van der Waals surface area (Å²) in [6.07, 6.45) is -0.661. The molecule has 1 unspecified atom stereocenters. The third-order valence-electron chi connectivity index (χ3n) is 4.93. The fourth-order valence-electron chi connectivity index (χ4n) is 3.26. The number of hydrogen-bond donors (Lipinski definition) is 0. The summed E-state index contributed by atoms with van der Waals surface area (Å²) in [4.78, 5) is 0. The zero-order chi connectivity index (χ0) is 23.4. The Bertz CT molecular complexity index is 1250. The first-order valence-electron chi connectivity index (χ1n) is 9.97. The number of rotatable bonds is 7. The van der Waals surface area contributed by atoms with Gasteiger partial charge in [0.25, 0.3) is 0 Å². The van der Waals surface area contributed by atoms with Crippen LogP contribution in [0.3, 0.4) is 0 Å². The number of ether oxygens (including phenoxy) is 1. The van der Waals surface area contributed by atoms with E-state index in [0.717, 1.165) is 11.3 Å². The van der Waals surface area contributed by atoms with Crippen molar-refractivity contribution in [2.75, 3.05) is 0 Å². The number of benzene rings is 4. The van der Waals surface area contributed by atoms with E-state index in [2.05, 4.69) is 5.32 Å². The van der Waals surface area contributed by atoms with Gasteiger partial charge in [-0.1, -0.05) is 88.4 Å². The molecule has 0 heterocycles. The SMILES string of the molecule is Fc1cc(C[N-]c2ccc(Cl)cc2)ccc1OC(c1ccc(Cl)cc1)c1ccc(Cl)cc1Cl.[K+]. The van der Waals surface area contributed by atoms with Crippen LogP contribution in [-0.4, -0.2) is 0 Å². The third kappa shape index (κ3) is 7.36. The molecule has 0 amide bonds. The van der Waals surface area contributed by atoms with Gasteiger partial charge in [0.2, 0.25) is 0 Å². The smallest absolute Gasteiger partial charge is 0.681 e. The minimum atomic E-state index is -0.661. The largest absolute Gasteiger partial charge is 1.00 e. The Hall–Kier alpha value is -0.794. The average Bonchev–Trinajstić information content (AvgIpc) is 2.79. The molecule has 0 aliphatic rings. The van der Waals surface area contributed by atoms with Gasteiger partial charge in [-0.2, -0.15) is 0 Å². The van der Waals surface area contributed by atoms with Crippen LogP contribution in [0, 0.1) is 5.82 Å². The predicted octanol–water partition coefficient (Wildman–Crippen LogP) is 6.82. The Labute approximate surface area is 260 Å². The van der Waals surface area contributed by atoms with Gasteiger partial charge >= 0.3 is 51.4 Å². The van der Waals surface area contributed by atoms with Gasteiger partial charge in [0.15, 0.2) is 17.7 Å². The van der Waals surface area contributed by atoms with Crippen LogP contribution in [0.15, 0.2) is 84.9 Å². The molecule has 0 aliphatic heterocycles. The van der Waals surface area contributed by atoms with Crippen LogP contribution in [0.4, 0.5) is 10.1 Å². The van der Waals surface area contributed by atoms with E-state index in [-0.39, 0.29) is 57.1 Å². The van der Waals surface area contributed by atoms with E-state index < -0.39 is 11.9 Å². The van der Waals surface area contributed by atoms with Crippen molar-refractivity contribution in [3.63, 3.8) is 0 Å². The second kappa shape index (κ2) is 13.0. The molecule has 1 atom stereocenters. The number of hydrogen-bond acceptors (Lipinski definition) is 1. The van der Waals surface area contributed by atoms with Crippen LogP contribution in [-0.2, 0) is 6.54 Å². The quantitative estimate of drug-likeness (QED) is 0.228. The molecule has 0 spiro atoms. The zero-order valence-corrected chi connectivity index (χ0v) is 24.3. The van der Waals surface area contributed by atoms with Crippen LogP contribution in [0.5, 0.6) is 5.75 Å². The third-order valence-corrected chi connectivity index (χ3v) is 6.00. The first-order valence-corrected chi connectivity index (χ1v) is 11.5. The molecule has 0 N–H and O–H groups in total. The van der Waals surface area contributed by atoms with Gasteiger partial charge in [-0.3, -0.25) is 0 Å². The number of nitrogens with zero attached hydrogens (tertiary/aromatic N) is 1. The van der Waals surface area contributed by atoms with E-state index in [0.29, 0.717) is 37.8 Å². The van der Waals surface area contributed by atoms with Crippen molar-refractivity contribution in [1.82, 2.24) is 0 Å². The molecule has 34 heavy (non-hydrogen) atoms. The fourth-order valence-corrected chi connectivity index (χ4v) is 4.02. The Morgan fingerprint density at radius 1 is 0.735 bits per heavy atom. The summed E-state index contributed by atoms with van der Waals surface area (Å²) in [5.41, 5.74) is 2.90. The predicted molar refractivity (Wildman–Crippen MR) is 135 cm³/mol. The van der Waals surface area contributed by atoms with E-state index in [1.807, 2.05) is 24.3 Å². The Kier molecular flexibility index (Phi) is 10.6. The van der Waals surface area contributed by atoms with Gasteiger partial charge in [-0.05, 0) is 54.1 Å². The fraction of sp³-hybridized carbons (Fsp3) is 0.0769. The van der Waals surface area contributed by atoms with Gasteiger partial charge in [0.1, 0.15) is 0 Å². The van der Waals surface area contributed by atoms with E-state index in [9.17, 15) is 4.39 Å². The molecule has 4 aromatic rings. The molecular weight excluding hydrogens is 542 g/mol. The van der Waals surface area contributed by atoms with Crippen molar-refractivity contribution < 1.29 is 60.5 Å². The van der Waals surface area contributed by atoms with Crippen LogP contribution < -0.4 is 56.1 Å². The normalized spacial score (nSPS) is 11.4. The van der Waals surface area contributed by atoms with E-state index in [1.165, 1.54) is 6.07 Å². The van der Waals surface area contributed by atoms with Crippen molar-refractivity contribution in [3.05, 3.63) is 133 Å². The number of halogens is 5. The topological polar surface area (TPSA) is 23.3 Å². The van der Waals surface area contributed by atoms with Crippen LogP contribution in [0.25, 0.3) is 5.32 Å². The van der Waals surface area contributed by atoms with Crippen molar-refractivity contribution in [2.24, 2.45) is 0 Å². The molecule has 0 saturated heterocycles. The maximum atomic E-state index is 15.0. The van der Waals surface area contributed by atoms with E-state index >= 15 is 0 Å². The van der Waals surface area contributed by atoms with Gasteiger partial charge < -0.3 is 10.1 Å². The summed E-state index contributed by atoms with van der Waals surface area (Å²) in [7, 11) is 0. The molecule has 2 nitrogen and oxygen atoms in total.